The molecule has 6 aliphatic heterocycles. The number of piperidine rings is 2. The van der Waals surface area contributed by atoms with E-state index in [1.54, 1.807) is 48.2 Å². The molecule has 2 fully saturated rings. The zero-order valence-corrected chi connectivity index (χ0v) is 50.6. The van der Waals surface area contributed by atoms with Crippen molar-refractivity contribution in [1.82, 2.24) is 14.7 Å². The van der Waals surface area contributed by atoms with Crippen molar-refractivity contribution in [2.45, 2.75) is 130 Å². The number of fused-ring (bicyclic) bond motifs is 9. The summed E-state index contributed by atoms with van der Waals surface area (Å²) in [6.45, 7) is 19.9. The van der Waals surface area contributed by atoms with Gasteiger partial charge in [-0.25, -0.2) is 0 Å². The van der Waals surface area contributed by atoms with Crippen LogP contribution in [0.25, 0.3) is 0 Å². The van der Waals surface area contributed by atoms with E-state index < -0.39 is 3.37 Å². The molecule has 6 aliphatic rings. The second kappa shape index (κ2) is 26.7. The van der Waals surface area contributed by atoms with Crippen LogP contribution in [0.1, 0.15) is 132 Å². The van der Waals surface area contributed by atoms with Crippen LogP contribution in [0.3, 0.4) is 0 Å². The third-order valence-corrected chi connectivity index (χ3v) is 15.6. The fourth-order valence-electron chi connectivity index (χ4n) is 12.3. The number of aliphatic hydroxyl groups excluding tert-OH is 2. The SMILES string of the molecule is COc1cc2c(cc1OC)C1CC=C(CC(C)C)CN1CC2.COc1cc2c(cc1OC)[C@@H]1C[C@@H](O)[C@@H](CC(C)C)CN1CC2.COc1cc2c(cc1OC)[C@H]1C[C@H](O)[C@H](CC(C)C)CN1CC2.ClP(Cl)(Cl)(Cl)Cl. The number of hydrogen-bond donors (Lipinski definition) is 2. The molecular formula is C57H85Cl5N3O8P. The Bertz CT molecular complexity index is 2250. The maximum atomic E-state index is 10.6. The summed E-state index contributed by atoms with van der Waals surface area (Å²) in [5, 5.41) is 21.3. The first-order valence-electron chi connectivity index (χ1n) is 26.5. The van der Waals surface area contributed by atoms with Crippen LogP contribution in [0.2, 0.25) is 0 Å². The average Bonchev–Trinajstić information content (AvgIpc) is 3.34. The predicted molar refractivity (Wildman–Crippen MR) is 308 cm³/mol. The van der Waals surface area contributed by atoms with Crippen LogP contribution in [-0.2, 0) is 19.3 Å². The van der Waals surface area contributed by atoms with Crippen LogP contribution in [0.4, 0.5) is 0 Å². The Hall–Kier alpha value is -2.12. The summed E-state index contributed by atoms with van der Waals surface area (Å²) in [7, 11) is 10.1. The van der Waals surface area contributed by atoms with E-state index in [2.05, 4.69) is 98.7 Å². The van der Waals surface area contributed by atoms with Crippen molar-refractivity contribution in [3.8, 4) is 34.5 Å². The molecule has 3 aromatic rings. The van der Waals surface area contributed by atoms with E-state index in [1.165, 1.54) is 39.8 Å². The molecule has 0 spiro atoms. The zero-order valence-electron chi connectivity index (χ0n) is 45.9. The monoisotopic (exact) mass is 1150 g/mol. The Morgan fingerprint density at radius 1 is 0.500 bits per heavy atom. The molecular weight excluding hydrogens is 1060 g/mol. The molecule has 2 saturated heterocycles. The van der Waals surface area contributed by atoms with Gasteiger partial charge in [-0.05, 0) is 157 Å². The summed E-state index contributed by atoms with van der Waals surface area (Å²) < 4.78 is 29.1. The van der Waals surface area contributed by atoms with Gasteiger partial charge in [0.25, 0.3) is 0 Å². The Morgan fingerprint density at radius 2 is 0.824 bits per heavy atom. The van der Waals surface area contributed by atoms with Crippen LogP contribution in [-0.4, -0.2) is 119 Å². The van der Waals surface area contributed by atoms with Crippen molar-refractivity contribution >= 4 is 59.6 Å². The molecule has 7 atom stereocenters. The van der Waals surface area contributed by atoms with Gasteiger partial charge in [0.05, 0.1) is 54.9 Å². The second-order valence-corrected chi connectivity index (χ2v) is 38.8. The van der Waals surface area contributed by atoms with E-state index in [4.69, 9.17) is 84.6 Å². The van der Waals surface area contributed by atoms with Gasteiger partial charge in [0.15, 0.2) is 34.5 Å². The Labute approximate surface area is 467 Å². The second-order valence-electron chi connectivity index (χ2n) is 22.2. The molecule has 0 aromatic heterocycles. The molecule has 0 amide bonds. The quantitative estimate of drug-likeness (QED) is 0.134. The van der Waals surface area contributed by atoms with Crippen LogP contribution in [0.5, 0.6) is 34.5 Å². The van der Waals surface area contributed by atoms with Crippen molar-refractivity contribution < 1.29 is 38.6 Å². The molecule has 11 nitrogen and oxygen atoms in total. The van der Waals surface area contributed by atoms with Crippen LogP contribution < -0.4 is 28.4 Å². The molecule has 74 heavy (non-hydrogen) atoms. The van der Waals surface area contributed by atoms with Crippen LogP contribution in [0.15, 0.2) is 48.0 Å². The first-order valence-corrected chi connectivity index (χ1v) is 33.3. The summed E-state index contributed by atoms with van der Waals surface area (Å²) in [5.41, 5.74) is 9.71. The minimum atomic E-state index is -3.69. The van der Waals surface area contributed by atoms with Crippen molar-refractivity contribution in [3.05, 3.63) is 81.4 Å². The van der Waals surface area contributed by atoms with Gasteiger partial charge in [-0.15, -0.1) is 0 Å². The number of nitrogens with zero attached hydrogens (tertiary/aromatic N) is 3. The van der Waals surface area contributed by atoms with Crippen molar-refractivity contribution in [2.24, 2.45) is 29.6 Å². The molecule has 17 heteroatoms. The van der Waals surface area contributed by atoms with Gasteiger partial charge >= 0.3 is 59.6 Å². The van der Waals surface area contributed by atoms with Crippen molar-refractivity contribution in [2.75, 3.05) is 81.9 Å². The number of ether oxygens (including phenoxy) is 6. The fourth-order valence-corrected chi connectivity index (χ4v) is 12.3. The number of benzene rings is 3. The Kier molecular flexibility index (Phi) is 22.0. The third-order valence-electron chi connectivity index (χ3n) is 15.6. The van der Waals surface area contributed by atoms with E-state index in [0.717, 1.165) is 131 Å². The number of hydrogen-bond acceptors (Lipinski definition) is 11. The molecule has 416 valence electrons. The van der Waals surface area contributed by atoms with Gasteiger partial charge in [0.1, 0.15) is 0 Å². The molecule has 2 N–H and O–H groups in total. The third kappa shape index (κ3) is 16.5. The summed E-state index contributed by atoms with van der Waals surface area (Å²) in [5.74, 6) is 7.66. The maximum absolute atomic E-state index is 10.6. The summed E-state index contributed by atoms with van der Waals surface area (Å²) in [4.78, 5) is 7.73. The van der Waals surface area contributed by atoms with Crippen molar-refractivity contribution in [3.63, 3.8) is 0 Å². The van der Waals surface area contributed by atoms with Gasteiger partial charge in [0, 0.05) is 57.4 Å². The van der Waals surface area contributed by atoms with E-state index in [1.807, 2.05) is 0 Å². The molecule has 9 rings (SSSR count). The molecule has 0 radical (unpaired) electrons. The predicted octanol–water partition coefficient (Wildman–Crippen LogP) is 14.3. The normalized spacial score (nSPS) is 24.9. The fraction of sp³-hybridized carbons (Fsp3) is 0.649. The van der Waals surface area contributed by atoms with E-state index >= 15 is 0 Å². The first-order chi connectivity index (χ1) is 34.9. The molecule has 0 aliphatic carbocycles. The molecule has 0 bridgehead atoms. The van der Waals surface area contributed by atoms with E-state index in [0.29, 0.717) is 41.8 Å². The number of methoxy groups -OCH3 is 6. The van der Waals surface area contributed by atoms with Gasteiger partial charge < -0.3 is 38.6 Å². The molecule has 3 aromatic carbocycles. The summed E-state index contributed by atoms with van der Waals surface area (Å²) >= 11 is 24.9. The minimum absolute atomic E-state index is 0.210. The van der Waals surface area contributed by atoms with Gasteiger partial charge in [0.2, 0.25) is 0 Å². The molecule has 6 heterocycles. The summed E-state index contributed by atoms with van der Waals surface area (Å²) in [6.07, 6.45) is 11.4. The molecule has 1 unspecified atom stereocenters. The number of halogens is 5. The standard InChI is InChI=1S/2C19H29NO3.C19H27NO2.Cl5P/c2*1-12(2)7-14-11-20-6-5-13-8-18(22-3)19(23-4)9-15(13)16(20)10-17(14)21;1-13(2)9-14-5-6-17-16-11-19(22-4)18(21-3)10-15(16)7-8-20(17)12-14;1-6(2,3,4)5/h2*8-9,12,14,16-17,21H,5-7,10-11H2,1-4H3;5,10-11,13,17H,6-9,12H2,1-4H3;/t2*14-,16-,17+;;/m10../s1. The van der Waals surface area contributed by atoms with Gasteiger partial charge in [-0.2, -0.15) is 0 Å². The number of aliphatic hydroxyl groups is 2. The van der Waals surface area contributed by atoms with Crippen LogP contribution >= 0.6 is 59.6 Å². The first kappa shape index (κ1) is 61.1. The topological polar surface area (TPSA) is 106 Å². The zero-order chi connectivity index (χ0) is 54.3. The van der Waals surface area contributed by atoms with E-state index in [9.17, 15) is 10.2 Å². The summed E-state index contributed by atoms with van der Waals surface area (Å²) in [6, 6.07) is 13.9. The Morgan fingerprint density at radius 3 is 1.15 bits per heavy atom. The Balaban J connectivity index is 0.000000171. The van der Waals surface area contributed by atoms with Crippen molar-refractivity contribution in [1.29, 1.82) is 0 Å². The van der Waals surface area contributed by atoms with Crippen LogP contribution in [0, 0.1) is 29.6 Å². The number of rotatable bonds is 12. The molecule has 0 saturated carbocycles. The van der Waals surface area contributed by atoms with E-state index in [-0.39, 0.29) is 12.2 Å². The van der Waals surface area contributed by atoms with Gasteiger partial charge in [-0.3, -0.25) is 14.7 Å². The average molecular weight is 1150 g/mol. The van der Waals surface area contributed by atoms with Gasteiger partial charge in [-0.1, -0.05) is 53.2 Å².